The van der Waals surface area contributed by atoms with Gasteiger partial charge in [0.1, 0.15) is 11.3 Å². The second kappa shape index (κ2) is 6.06. The number of hydrogen-bond acceptors (Lipinski definition) is 6. The predicted octanol–water partition coefficient (Wildman–Crippen LogP) is 3.81. The summed E-state index contributed by atoms with van der Waals surface area (Å²) in [4.78, 5) is 7.63. The maximum atomic E-state index is 10.2. The number of para-hydroxylation sites is 1. The molecule has 27 heavy (non-hydrogen) atoms. The van der Waals surface area contributed by atoms with Crippen molar-refractivity contribution in [3.8, 4) is 5.75 Å². The van der Waals surface area contributed by atoms with Gasteiger partial charge in [0, 0.05) is 16.5 Å². The number of phenols is 1. The van der Waals surface area contributed by atoms with Gasteiger partial charge < -0.3 is 10.1 Å². The van der Waals surface area contributed by atoms with Gasteiger partial charge in [0.25, 0.3) is 5.95 Å². The number of H-pyrrole nitrogens is 1. The lowest BCUT2D eigenvalue weighted by Gasteiger charge is -2.04. The first-order valence-corrected chi connectivity index (χ1v) is 8.40. The summed E-state index contributed by atoms with van der Waals surface area (Å²) in [6, 6.07) is 19.1. The van der Waals surface area contributed by atoms with Crippen LogP contribution in [0.2, 0.25) is 0 Å². The van der Waals surface area contributed by atoms with Crippen LogP contribution in [0.3, 0.4) is 0 Å². The van der Waals surface area contributed by atoms with E-state index in [-0.39, 0.29) is 11.7 Å². The molecule has 3 aromatic carbocycles. The third kappa shape index (κ3) is 2.62. The van der Waals surface area contributed by atoms with Crippen molar-refractivity contribution in [2.75, 3.05) is 5.43 Å². The van der Waals surface area contributed by atoms with Crippen molar-refractivity contribution in [3.63, 3.8) is 0 Å². The van der Waals surface area contributed by atoms with Crippen LogP contribution in [0.15, 0.2) is 65.8 Å². The highest BCUT2D eigenvalue weighted by Gasteiger charge is 2.08. The standard InChI is InChI=1S/C20H14N6O/c27-17-10-9-12-5-1-2-6-13(12)15(17)11-21-25-20-23-19-18(24-26-20)14-7-3-4-8-16(14)22-19/h1-11,27H,(H2,22,23,25,26)/b21-11-. The Hall–Kier alpha value is -4.00. The van der Waals surface area contributed by atoms with E-state index in [4.69, 9.17) is 0 Å². The number of hydrogen-bond donors (Lipinski definition) is 3. The fourth-order valence-corrected chi connectivity index (χ4v) is 3.14. The number of aromatic amines is 1. The first-order chi connectivity index (χ1) is 13.3. The first kappa shape index (κ1) is 15.3. The molecular formula is C20H14N6O. The number of aromatic hydroxyl groups is 1. The van der Waals surface area contributed by atoms with Crippen molar-refractivity contribution in [2.45, 2.75) is 0 Å². The van der Waals surface area contributed by atoms with Crippen LogP contribution in [0.5, 0.6) is 5.75 Å². The number of fused-ring (bicyclic) bond motifs is 4. The van der Waals surface area contributed by atoms with Gasteiger partial charge in [0.05, 0.1) is 6.21 Å². The Bertz CT molecular complexity index is 1320. The SMILES string of the molecule is Oc1ccc2ccccc2c1/C=N\Nc1nnc2c(n1)[nH]c1ccccc12. The van der Waals surface area contributed by atoms with E-state index in [2.05, 4.69) is 30.7 Å². The molecule has 0 saturated carbocycles. The van der Waals surface area contributed by atoms with Gasteiger partial charge in [0.15, 0.2) is 5.65 Å². The average Bonchev–Trinajstić information content (AvgIpc) is 3.07. The molecule has 2 heterocycles. The average molecular weight is 354 g/mol. The van der Waals surface area contributed by atoms with Crippen molar-refractivity contribution in [1.82, 2.24) is 20.2 Å². The molecule has 0 aliphatic rings. The third-order valence-corrected chi connectivity index (χ3v) is 4.43. The largest absolute Gasteiger partial charge is 0.507 e. The van der Waals surface area contributed by atoms with Crippen molar-refractivity contribution >= 4 is 45.0 Å². The predicted molar refractivity (Wildman–Crippen MR) is 106 cm³/mol. The van der Waals surface area contributed by atoms with Crippen molar-refractivity contribution < 1.29 is 5.11 Å². The van der Waals surface area contributed by atoms with Crippen LogP contribution in [0.1, 0.15) is 5.56 Å². The number of rotatable bonds is 3. The van der Waals surface area contributed by atoms with Gasteiger partial charge in [-0.3, -0.25) is 0 Å². The molecule has 0 atom stereocenters. The molecule has 0 aliphatic carbocycles. The number of hydrazone groups is 1. The Morgan fingerprint density at radius 1 is 0.926 bits per heavy atom. The Labute approximate surface area is 153 Å². The maximum Gasteiger partial charge on any atom is 0.265 e. The van der Waals surface area contributed by atoms with E-state index in [1.165, 1.54) is 0 Å². The second-order valence-electron chi connectivity index (χ2n) is 6.09. The number of anilines is 1. The molecule has 2 aromatic heterocycles. The molecule has 5 rings (SSSR count). The topological polar surface area (TPSA) is 99.1 Å². The van der Waals surface area contributed by atoms with E-state index in [0.717, 1.165) is 21.7 Å². The number of nitrogens with one attached hydrogen (secondary N) is 2. The summed E-state index contributed by atoms with van der Waals surface area (Å²) < 4.78 is 0. The zero-order valence-corrected chi connectivity index (χ0v) is 14.1. The number of phenolic OH excluding ortho intramolecular Hbond substituents is 1. The van der Waals surface area contributed by atoms with Gasteiger partial charge in [-0.2, -0.15) is 10.1 Å². The normalized spacial score (nSPS) is 11.7. The molecule has 0 bridgehead atoms. The molecule has 5 aromatic rings. The second-order valence-corrected chi connectivity index (χ2v) is 6.09. The maximum absolute atomic E-state index is 10.2. The van der Waals surface area contributed by atoms with E-state index in [9.17, 15) is 5.11 Å². The van der Waals surface area contributed by atoms with Crippen molar-refractivity contribution in [2.24, 2.45) is 5.10 Å². The molecule has 0 saturated heterocycles. The van der Waals surface area contributed by atoms with Gasteiger partial charge in [0.2, 0.25) is 0 Å². The fraction of sp³-hybridized carbons (Fsp3) is 0. The lowest BCUT2D eigenvalue weighted by molar-refractivity contribution is 0.475. The van der Waals surface area contributed by atoms with E-state index in [1.54, 1.807) is 12.3 Å². The van der Waals surface area contributed by atoms with E-state index in [0.29, 0.717) is 16.7 Å². The molecule has 7 heteroatoms. The van der Waals surface area contributed by atoms with Gasteiger partial charge in [-0.05, 0) is 22.9 Å². The minimum atomic E-state index is 0.157. The zero-order chi connectivity index (χ0) is 18.2. The van der Waals surface area contributed by atoms with Gasteiger partial charge in [-0.25, -0.2) is 5.43 Å². The summed E-state index contributed by atoms with van der Waals surface area (Å²) in [6.07, 6.45) is 1.55. The van der Waals surface area contributed by atoms with Gasteiger partial charge in [-0.15, -0.1) is 10.2 Å². The summed E-state index contributed by atoms with van der Waals surface area (Å²) in [6.45, 7) is 0. The number of nitrogens with zero attached hydrogens (tertiary/aromatic N) is 4. The highest BCUT2D eigenvalue weighted by Crippen LogP contribution is 2.25. The van der Waals surface area contributed by atoms with Gasteiger partial charge >= 0.3 is 0 Å². The monoisotopic (exact) mass is 354 g/mol. The highest BCUT2D eigenvalue weighted by molar-refractivity contribution is 6.03. The van der Waals surface area contributed by atoms with Crippen LogP contribution < -0.4 is 5.43 Å². The molecule has 0 unspecified atom stereocenters. The Morgan fingerprint density at radius 3 is 2.67 bits per heavy atom. The van der Waals surface area contributed by atoms with Gasteiger partial charge in [-0.1, -0.05) is 48.5 Å². The fourth-order valence-electron chi connectivity index (χ4n) is 3.14. The Balaban J connectivity index is 1.48. The summed E-state index contributed by atoms with van der Waals surface area (Å²) in [5.74, 6) is 0.425. The van der Waals surface area contributed by atoms with E-state index >= 15 is 0 Å². The lowest BCUT2D eigenvalue weighted by atomic mass is 10.0. The van der Waals surface area contributed by atoms with Crippen LogP contribution in [-0.4, -0.2) is 31.5 Å². The smallest absolute Gasteiger partial charge is 0.265 e. The van der Waals surface area contributed by atoms with Crippen molar-refractivity contribution in [1.29, 1.82) is 0 Å². The molecule has 0 radical (unpaired) electrons. The molecule has 7 nitrogen and oxygen atoms in total. The number of aromatic nitrogens is 4. The minimum Gasteiger partial charge on any atom is -0.507 e. The van der Waals surface area contributed by atoms with Crippen LogP contribution in [0.4, 0.5) is 5.95 Å². The molecule has 130 valence electrons. The molecule has 3 N–H and O–H groups in total. The summed E-state index contributed by atoms with van der Waals surface area (Å²) in [5, 5.41) is 25.5. The van der Waals surface area contributed by atoms with Crippen LogP contribution in [-0.2, 0) is 0 Å². The summed E-state index contributed by atoms with van der Waals surface area (Å²) >= 11 is 0. The van der Waals surface area contributed by atoms with E-state index < -0.39 is 0 Å². The zero-order valence-electron chi connectivity index (χ0n) is 14.1. The molecular weight excluding hydrogens is 340 g/mol. The highest BCUT2D eigenvalue weighted by atomic mass is 16.3. The molecule has 0 aliphatic heterocycles. The third-order valence-electron chi connectivity index (χ3n) is 4.43. The minimum absolute atomic E-state index is 0.157. The molecule has 0 amide bonds. The molecule has 0 fully saturated rings. The summed E-state index contributed by atoms with van der Waals surface area (Å²) in [5.41, 5.74) is 5.71. The Kier molecular flexibility index (Phi) is 3.43. The first-order valence-electron chi connectivity index (χ1n) is 8.40. The Morgan fingerprint density at radius 2 is 1.74 bits per heavy atom. The number of benzene rings is 3. The quantitative estimate of drug-likeness (QED) is 0.338. The summed E-state index contributed by atoms with van der Waals surface area (Å²) in [7, 11) is 0. The van der Waals surface area contributed by atoms with E-state index in [1.807, 2.05) is 54.6 Å². The molecule has 0 spiro atoms. The lowest BCUT2D eigenvalue weighted by Crippen LogP contribution is -1.99. The van der Waals surface area contributed by atoms with Crippen LogP contribution in [0, 0.1) is 0 Å². The van der Waals surface area contributed by atoms with Crippen LogP contribution in [0.25, 0.3) is 32.8 Å². The van der Waals surface area contributed by atoms with Crippen molar-refractivity contribution in [3.05, 3.63) is 66.2 Å². The van der Waals surface area contributed by atoms with Crippen LogP contribution >= 0.6 is 0 Å².